The first kappa shape index (κ1) is 28.4. The Morgan fingerprint density at radius 2 is 1.75 bits per heavy atom. The quantitative estimate of drug-likeness (QED) is 0.275. The second-order valence-corrected chi connectivity index (χ2v) is 13.5. The lowest BCUT2D eigenvalue weighted by molar-refractivity contribution is -0.109. The predicted molar refractivity (Wildman–Crippen MR) is 163 cm³/mol. The maximum absolute atomic E-state index is 12.5. The van der Waals surface area contributed by atoms with Gasteiger partial charge in [0.05, 0.1) is 10.9 Å². The van der Waals surface area contributed by atoms with Gasteiger partial charge in [0.25, 0.3) is 5.91 Å². The van der Waals surface area contributed by atoms with Gasteiger partial charge in [-0.2, -0.15) is 0 Å². The van der Waals surface area contributed by atoms with Crippen LogP contribution >= 0.6 is 11.3 Å². The number of carbonyl (C=O) groups is 2. The van der Waals surface area contributed by atoms with Crippen LogP contribution in [0.2, 0.25) is 0 Å². The summed E-state index contributed by atoms with van der Waals surface area (Å²) in [4.78, 5) is 35.4. The molecule has 2 unspecified atom stereocenters. The van der Waals surface area contributed by atoms with Crippen LogP contribution in [0.4, 0.5) is 0 Å². The Kier molecular flexibility index (Phi) is 8.94. The summed E-state index contributed by atoms with van der Waals surface area (Å²) in [6.45, 7) is 6.89. The molecule has 1 fully saturated rings. The minimum absolute atomic E-state index is 0.200. The summed E-state index contributed by atoms with van der Waals surface area (Å²) in [5.74, 6) is 2.21. The number of amides is 1. The summed E-state index contributed by atoms with van der Waals surface area (Å²) in [6.07, 6.45) is 17.6. The van der Waals surface area contributed by atoms with Crippen molar-refractivity contribution in [2.45, 2.75) is 84.6 Å². The number of nitrogens with zero attached hydrogens (tertiary/aromatic N) is 2. The Hall–Kier alpha value is -3.12. The average Bonchev–Trinajstić information content (AvgIpc) is 3.47. The minimum atomic E-state index is -0.575. The van der Waals surface area contributed by atoms with Gasteiger partial charge in [0, 0.05) is 28.4 Å². The van der Waals surface area contributed by atoms with E-state index in [0.717, 1.165) is 52.5 Å². The first-order chi connectivity index (χ1) is 19.3. The Bertz CT molecular complexity index is 1330. The van der Waals surface area contributed by atoms with Gasteiger partial charge >= 0.3 is 0 Å². The standard InChI is InChI=1S/C34H41N3O2S/c1-4-30-13-14-31(40-30)33(39)37-29(22-38)19-23-5-7-27(8-6-23)32-35-20-28(21-36-32)25-11-9-24(10-12-25)26-15-17-34(2,3)18-16-26/h5-8,11,13-14,20-22,24,26,29H,4,9-10,12,15-19H2,1-3H3,(H,37,39). The number of hydrogen-bond donors (Lipinski definition) is 1. The van der Waals surface area contributed by atoms with Crippen LogP contribution in [-0.4, -0.2) is 28.2 Å². The number of allylic oxidation sites excluding steroid dienone is 2. The summed E-state index contributed by atoms with van der Waals surface area (Å²) >= 11 is 1.47. The summed E-state index contributed by atoms with van der Waals surface area (Å²) < 4.78 is 0. The van der Waals surface area contributed by atoms with Gasteiger partial charge in [0.15, 0.2) is 5.82 Å². The van der Waals surface area contributed by atoms with Crippen molar-refractivity contribution in [1.29, 1.82) is 0 Å². The fraction of sp³-hybridized carbons (Fsp3) is 0.471. The lowest BCUT2D eigenvalue weighted by Gasteiger charge is -2.39. The lowest BCUT2D eigenvalue weighted by Crippen LogP contribution is -2.37. The Morgan fingerprint density at radius 1 is 1.02 bits per heavy atom. The number of rotatable bonds is 9. The van der Waals surface area contributed by atoms with Gasteiger partial charge in [0.1, 0.15) is 6.29 Å². The molecule has 2 atom stereocenters. The normalized spacial score (nSPS) is 20.0. The van der Waals surface area contributed by atoms with Crippen molar-refractivity contribution in [3.8, 4) is 11.4 Å². The molecule has 40 heavy (non-hydrogen) atoms. The molecule has 3 aromatic rings. The molecule has 2 heterocycles. The molecule has 0 spiro atoms. The number of hydrogen-bond acceptors (Lipinski definition) is 5. The van der Waals surface area contributed by atoms with Crippen molar-refractivity contribution in [2.75, 3.05) is 0 Å². The number of benzene rings is 1. The van der Waals surface area contributed by atoms with E-state index in [1.807, 2.05) is 48.8 Å². The second-order valence-electron chi connectivity index (χ2n) is 12.3. The zero-order chi connectivity index (χ0) is 28.1. The predicted octanol–water partition coefficient (Wildman–Crippen LogP) is 7.71. The van der Waals surface area contributed by atoms with Crippen molar-refractivity contribution < 1.29 is 9.59 Å². The molecule has 5 nitrogen and oxygen atoms in total. The molecule has 0 bridgehead atoms. The fourth-order valence-electron chi connectivity index (χ4n) is 6.19. The van der Waals surface area contributed by atoms with E-state index in [2.05, 4.69) is 42.1 Å². The molecule has 0 aliphatic heterocycles. The number of aldehydes is 1. The first-order valence-electron chi connectivity index (χ1n) is 14.8. The molecule has 1 aromatic carbocycles. The zero-order valence-corrected chi connectivity index (χ0v) is 24.8. The maximum Gasteiger partial charge on any atom is 0.261 e. The third kappa shape index (κ3) is 6.95. The van der Waals surface area contributed by atoms with E-state index in [0.29, 0.717) is 22.5 Å². The highest BCUT2D eigenvalue weighted by Gasteiger charge is 2.32. The molecule has 1 amide bonds. The average molecular weight is 556 g/mol. The molecule has 0 radical (unpaired) electrons. The van der Waals surface area contributed by atoms with Crippen LogP contribution in [0.25, 0.3) is 17.0 Å². The summed E-state index contributed by atoms with van der Waals surface area (Å²) in [5.41, 5.74) is 4.95. The van der Waals surface area contributed by atoms with Crippen LogP contribution in [0.15, 0.2) is 54.9 Å². The van der Waals surface area contributed by atoms with E-state index < -0.39 is 6.04 Å². The molecule has 0 saturated heterocycles. The highest BCUT2D eigenvalue weighted by atomic mass is 32.1. The van der Waals surface area contributed by atoms with E-state index >= 15 is 0 Å². The van der Waals surface area contributed by atoms with Crippen LogP contribution < -0.4 is 5.32 Å². The van der Waals surface area contributed by atoms with Gasteiger partial charge in [-0.25, -0.2) is 9.97 Å². The number of nitrogens with one attached hydrogen (secondary N) is 1. The van der Waals surface area contributed by atoms with Crippen molar-refractivity contribution >= 4 is 29.1 Å². The Balaban J connectivity index is 1.15. The van der Waals surface area contributed by atoms with Crippen LogP contribution in [-0.2, 0) is 17.6 Å². The molecule has 5 rings (SSSR count). The molecule has 6 heteroatoms. The largest absolute Gasteiger partial charge is 0.341 e. The number of aromatic nitrogens is 2. The molecule has 2 aliphatic carbocycles. The number of aryl methyl sites for hydroxylation is 1. The van der Waals surface area contributed by atoms with E-state index in [1.54, 1.807) is 0 Å². The maximum atomic E-state index is 12.5. The zero-order valence-electron chi connectivity index (χ0n) is 24.0. The summed E-state index contributed by atoms with van der Waals surface area (Å²) in [7, 11) is 0. The van der Waals surface area contributed by atoms with Crippen LogP contribution in [0.5, 0.6) is 0 Å². The van der Waals surface area contributed by atoms with Gasteiger partial charge < -0.3 is 10.1 Å². The van der Waals surface area contributed by atoms with E-state index in [1.165, 1.54) is 55.4 Å². The Morgan fingerprint density at radius 3 is 2.35 bits per heavy atom. The van der Waals surface area contributed by atoms with Crippen LogP contribution in [0, 0.1) is 17.3 Å². The fourth-order valence-corrected chi connectivity index (χ4v) is 7.04. The first-order valence-corrected chi connectivity index (χ1v) is 15.6. The lowest BCUT2D eigenvalue weighted by atomic mass is 9.67. The van der Waals surface area contributed by atoms with Gasteiger partial charge in [-0.1, -0.05) is 51.1 Å². The molecular formula is C34H41N3O2S. The van der Waals surface area contributed by atoms with Crippen molar-refractivity contribution in [3.63, 3.8) is 0 Å². The van der Waals surface area contributed by atoms with E-state index in [4.69, 9.17) is 0 Å². The molecule has 1 saturated carbocycles. The molecule has 2 aliphatic rings. The van der Waals surface area contributed by atoms with Crippen LogP contribution in [0.1, 0.15) is 91.4 Å². The van der Waals surface area contributed by atoms with Crippen LogP contribution in [0.3, 0.4) is 0 Å². The topological polar surface area (TPSA) is 72.0 Å². The van der Waals surface area contributed by atoms with Gasteiger partial charge in [-0.15, -0.1) is 11.3 Å². The molecular weight excluding hydrogens is 514 g/mol. The molecule has 210 valence electrons. The van der Waals surface area contributed by atoms with Gasteiger partial charge in [-0.3, -0.25) is 4.79 Å². The third-order valence-corrected chi connectivity index (χ3v) is 10.1. The summed E-state index contributed by atoms with van der Waals surface area (Å²) in [5, 5.41) is 2.85. The van der Waals surface area contributed by atoms with Gasteiger partial charge in [-0.05, 0) is 98.3 Å². The third-order valence-electron chi connectivity index (χ3n) is 8.91. The highest BCUT2D eigenvalue weighted by Crippen LogP contribution is 2.45. The minimum Gasteiger partial charge on any atom is -0.341 e. The SMILES string of the molecule is CCc1ccc(C(=O)NC(C=O)Cc2ccc(-c3ncc(C4=CCC(C5CCC(C)(C)CC5)CC4)cn3)cc2)s1. The smallest absolute Gasteiger partial charge is 0.261 e. The second kappa shape index (κ2) is 12.6. The highest BCUT2D eigenvalue weighted by molar-refractivity contribution is 7.14. The Labute approximate surface area is 242 Å². The van der Waals surface area contributed by atoms with Gasteiger partial charge in [0.2, 0.25) is 0 Å². The molecule has 1 N–H and O–H groups in total. The van der Waals surface area contributed by atoms with E-state index in [9.17, 15) is 9.59 Å². The molecule has 2 aromatic heterocycles. The van der Waals surface area contributed by atoms with E-state index in [-0.39, 0.29) is 5.91 Å². The monoisotopic (exact) mass is 555 g/mol. The summed E-state index contributed by atoms with van der Waals surface area (Å²) in [6, 6.07) is 11.1. The van der Waals surface area contributed by atoms with Crippen molar-refractivity contribution in [2.24, 2.45) is 17.3 Å². The number of thiophene rings is 1. The number of carbonyl (C=O) groups excluding carboxylic acids is 2. The van der Waals surface area contributed by atoms with Crippen molar-refractivity contribution in [3.05, 3.63) is 75.7 Å². The van der Waals surface area contributed by atoms with Crippen molar-refractivity contribution in [1.82, 2.24) is 15.3 Å².